The van der Waals surface area contributed by atoms with Crippen LogP contribution in [0, 0.1) is 10.1 Å². The van der Waals surface area contributed by atoms with Crippen LogP contribution in [-0.4, -0.2) is 34.4 Å². The topological polar surface area (TPSA) is 155 Å². The molecule has 0 unspecified atom stereocenters. The van der Waals surface area contributed by atoms with Crippen LogP contribution in [0.1, 0.15) is 10.4 Å². The molecule has 0 fully saturated rings. The Kier molecular flexibility index (Phi) is 3.58. The summed E-state index contributed by atoms with van der Waals surface area (Å²) in [5, 5.41) is 19.4. The number of nitro groups is 1. The highest BCUT2D eigenvalue weighted by Gasteiger charge is 2.23. The van der Waals surface area contributed by atoms with E-state index in [1.54, 1.807) is 0 Å². The lowest BCUT2D eigenvalue weighted by Gasteiger charge is -2.07. The number of H-pyrrole nitrogens is 1. The van der Waals surface area contributed by atoms with Crippen molar-refractivity contribution in [1.29, 1.82) is 0 Å². The van der Waals surface area contributed by atoms with E-state index in [1.165, 1.54) is 0 Å². The number of nitro benzene ring substituents is 1. The first-order valence-corrected chi connectivity index (χ1v) is 6.82. The number of rotatable bonds is 5. The van der Waals surface area contributed by atoms with Gasteiger partial charge in [0.05, 0.1) is 23.0 Å². The maximum Gasteiger partial charge on any atom is 0.335 e. The fraction of sp³-hybridized carbons (Fsp3) is 0. The first-order chi connectivity index (χ1) is 9.81. The van der Waals surface area contributed by atoms with Gasteiger partial charge in [0.15, 0.2) is 5.03 Å². The zero-order valence-corrected chi connectivity index (χ0v) is 11.0. The van der Waals surface area contributed by atoms with Crippen molar-refractivity contribution in [1.82, 2.24) is 9.97 Å². The van der Waals surface area contributed by atoms with Gasteiger partial charge in [0, 0.05) is 6.07 Å². The zero-order valence-electron chi connectivity index (χ0n) is 10.2. The van der Waals surface area contributed by atoms with Gasteiger partial charge in [-0.15, -0.1) is 0 Å². The lowest BCUT2D eigenvalue weighted by molar-refractivity contribution is -0.383. The summed E-state index contributed by atoms with van der Waals surface area (Å²) in [5.41, 5.74) is -1.34. The minimum absolute atomic E-state index is 0.279. The van der Waals surface area contributed by atoms with Crippen LogP contribution < -0.4 is 4.72 Å². The van der Waals surface area contributed by atoms with E-state index in [1.807, 2.05) is 4.72 Å². The number of nitrogens with zero attached hydrogens (tertiary/aromatic N) is 2. The molecule has 0 spiro atoms. The average molecular weight is 312 g/mol. The highest BCUT2D eigenvalue weighted by molar-refractivity contribution is 7.92. The molecule has 1 heterocycles. The number of imidazole rings is 1. The Morgan fingerprint density at radius 3 is 2.67 bits per heavy atom. The molecule has 0 saturated carbocycles. The summed E-state index contributed by atoms with van der Waals surface area (Å²) < 4.78 is 25.9. The molecule has 2 rings (SSSR count). The average Bonchev–Trinajstić information content (AvgIpc) is 2.92. The monoisotopic (exact) mass is 312 g/mol. The van der Waals surface area contributed by atoms with E-state index in [4.69, 9.17) is 5.11 Å². The number of benzene rings is 1. The molecule has 21 heavy (non-hydrogen) atoms. The number of aromatic amines is 1. The number of carboxylic acid groups (broad SMARTS) is 1. The van der Waals surface area contributed by atoms with Gasteiger partial charge in [-0.25, -0.2) is 9.78 Å². The van der Waals surface area contributed by atoms with Crippen LogP contribution in [0.5, 0.6) is 0 Å². The molecule has 0 bridgehead atoms. The SMILES string of the molecule is O=C(O)c1ccc(NS(=O)(=O)c2cnc[nH]2)c([N+](=O)[O-])c1. The predicted molar refractivity (Wildman–Crippen MR) is 69.5 cm³/mol. The van der Waals surface area contributed by atoms with Crippen molar-refractivity contribution in [3.63, 3.8) is 0 Å². The number of anilines is 1. The van der Waals surface area contributed by atoms with Crippen LogP contribution in [0.25, 0.3) is 0 Å². The van der Waals surface area contributed by atoms with E-state index < -0.39 is 26.6 Å². The smallest absolute Gasteiger partial charge is 0.335 e. The maximum atomic E-state index is 11.9. The molecule has 0 aliphatic rings. The number of aromatic nitrogens is 2. The number of carboxylic acids is 1. The van der Waals surface area contributed by atoms with Gasteiger partial charge >= 0.3 is 5.97 Å². The number of nitrogens with one attached hydrogen (secondary N) is 2. The standard InChI is InChI=1S/C10H8N4O6S/c15-10(16)6-1-2-7(8(3-6)14(17)18)13-21(19,20)9-4-11-5-12-9/h1-5,13H,(H,11,12)(H,15,16). The van der Waals surface area contributed by atoms with E-state index in [0.717, 1.165) is 30.7 Å². The van der Waals surface area contributed by atoms with Crippen molar-refractivity contribution >= 4 is 27.4 Å². The van der Waals surface area contributed by atoms with Crippen LogP contribution in [0.15, 0.2) is 35.7 Å². The highest BCUT2D eigenvalue weighted by Crippen LogP contribution is 2.27. The molecule has 1 aromatic carbocycles. The highest BCUT2D eigenvalue weighted by atomic mass is 32.2. The largest absolute Gasteiger partial charge is 0.478 e. The van der Waals surface area contributed by atoms with Crippen LogP contribution in [0.2, 0.25) is 0 Å². The summed E-state index contributed by atoms with van der Waals surface area (Å²) in [6.07, 6.45) is 2.16. The number of hydrogen-bond acceptors (Lipinski definition) is 6. The van der Waals surface area contributed by atoms with Gasteiger partial charge in [-0.05, 0) is 12.1 Å². The van der Waals surface area contributed by atoms with E-state index in [9.17, 15) is 23.3 Å². The predicted octanol–water partition coefficient (Wildman–Crippen LogP) is 0.817. The molecule has 2 aromatic rings. The maximum absolute atomic E-state index is 11.9. The normalized spacial score (nSPS) is 11.0. The van der Waals surface area contributed by atoms with Crippen molar-refractivity contribution in [3.8, 4) is 0 Å². The van der Waals surface area contributed by atoms with Crippen LogP contribution in [0.3, 0.4) is 0 Å². The fourth-order valence-electron chi connectivity index (χ4n) is 1.49. The Balaban J connectivity index is 2.45. The minimum Gasteiger partial charge on any atom is -0.478 e. The molecule has 10 nitrogen and oxygen atoms in total. The van der Waals surface area contributed by atoms with Gasteiger partial charge in [-0.2, -0.15) is 8.42 Å². The number of hydrogen-bond donors (Lipinski definition) is 3. The summed E-state index contributed by atoms with van der Waals surface area (Å²) in [6, 6.07) is 2.84. The summed E-state index contributed by atoms with van der Waals surface area (Å²) in [7, 11) is -4.08. The van der Waals surface area contributed by atoms with Gasteiger partial charge < -0.3 is 10.1 Å². The second kappa shape index (κ2) is 5.20. The van der Waals surface area contributed by atoms with Crippen molar-refractivity contribution in [2.24, 2.45) is 0 Å². The molecule has 0 aliphatic carbocycles. The first kappa shape index (κ1) is 14.5. The molecule has 110 valence electrons. The fourth-order valence-corrected chi connectivity index (χ4v) is 2.47. The van der Waals surface area contributed by atoms with Gasteiger partial charge in [-0.1, -0.05) is 0 Å². The lowest BCUT2D eigenvalue weighted by atomic mass is 10.2. The summed E-state index contributed by atoms with van der Waals surface area (Å²) in [5.74, 6) is -1.36. The molecule has 11 heteroatoms. The molecule has 0 radical (unpaired) electrons. The quantitative estimate of drug-likeness (QED) is 0.545. The van der Waals surface area contributed by atoms with Gasteiger partial charge in [0.25, 0.3) is 15.7 Å². The van der Waals surface area contributed by atoms with Crippen LogP contribution in [0.4, 0.5) is 11.4 Å². The Morgan fingerprint density at radius 1 is 1.43 bits per heavy atom. The molecule has 0 saturated heterocycles. The third kappa shape index (κ3) is 2.97. The van der Waals surface area contributed by atoms with E-state index >= 15 is 0 Å². The van der Waals surface area contributed by atoms with Gasteiger partial charge in [0.1, 0.15) is 5.69 Å². The Bertz CT molecular complexity index is 799. The molecular weight excluding hydrogens is 304 g/mol. The van der Waals surface area contributed by atoms with Crippen molar-refractivity contribution < 1.29 is 23.2 Å². The Labute approximate surface area is 117 Å². The van der Waals surface area contributed by atoms with Crippen molar-refractivity contribution in [2.75, 3.05) is 4.72 Å². The Hall–Kier alpha value is -2.95. The van der Waals surface area contributed by atoms with Gasteiger partial charge in [-0.3, -0.25) is 14.8 Å². The minimum atomic E-state index is -4.08. The van der Waals surface area contributed by atoms with Gasteiger partial charge in [0.2, 0.25) is 0 Å². The summed E-state index contributed by atoms with van der Waals surface area (Å²) in [4.78, 5) is 26.7. The molecule has 1 aromatic heterocycles. The molecular formula is C10H8N4O6S. The van der Waals surface area contributed by atoms with Crippen molar-refractivity contribution in [3.05, 3.63) is 46.4 Å². The molecule has 3 N–H and O–H groups in total. The van der Waals surface area contributed by atoms with E-state index in [-0.39, 0.29) is 16.3 Å². The third-order valence-corrected chi connectivity index (χ3v) is 3.74. The zero-order chi connectivity index (χ0) is 15.6. The molecule has 0 amide bonds. The summed E-state index contributed by atoms with van der Waals surface area (Å²) >= 11 is 0. The molecule has 0 aliphatic heterocycles. The number of sulfonamides is 1. The first-order valence-electron chi connectivity index (χ1n) is 5.34. The van der Waals surface area contributed by atoms with Crippen molar-refractivity contribution in [2.45, 2.75) is 5.03 Å². The van der Waals surface area contributed by atoms with Crippen LogP contribution in [-0.2, 0) is 10.0 Å². The second-order valence-corrected chi connectivity index (χ2v) is 5.47. The van der Waals surface area contributed by atoms with Crippen LogP contribution >= 0.6 is 0 Å². The summed E-state index contributed by atoms with van der Waals surface area (Å²) in [6.45, 7) is 0. The Morgan fingerprint density at radius 2 is 2.14 bits per heavy atom. The number of carbonyl (C=O) groups is 1. The molecule has 0 atom stereocenters. The van der Waals surface area contributed by atoms with E-state index in [2.05, 4.69) is 9.97 Å². The van der Waals surface area contributed by atoms with E-state index in [0.29, 0.717) is 0 Å². The second-order valence-electron chi connectivity index (χ2n) is 3.82. The third-order valence-electron chi connectivity index (χ3n) is 2.45. The number of aromatic carboxylic acids is 1. The lowest BCUT2D eigenvalue weighted by Crippen LogP contribution is -2.14.